The Morgan fingerprint density at radius 2 is 1.95 bits per heavy atom. The van der Waals surface area contributed by atoms with Crippen LogP contribution in [0.4, 0.5) is 4.39 Å². The van der Waals surface area contributed by atoms with Gasteiger partial charge >= 0.3 is 0 Å². The van der Waals surface area contributed by atoms with Gasteiger partial charge in [0.25, 0.3) is 0 Å². The fraction of sp³-hybridized carbons (Fsp3) is 0.294. The Kier molecular flexibility index (Phi) is 6.34. The van der Waals surface area contributed by atoms with E-state index in [0.29, 0.717) is 23.7 Å². The monoisotopic (exact) mass is 323 g/mol. The molecular formula is C17H19ClFNO2. The Balaban J connectivity index is 2.05. The molecule has 0 aromatic heterocycles. The Hall–Kier alpha value is -1.46. The molecule has 5 heteroatoms. The smallest absolute Gasteiger partial charge is 0.129 e. The number of hydrogen-bond donors (Lipinski definition) is 2. The van der Waals surface area contributed by atoms with Gasteiger partial charge in [0.15, 0.2) is 0 Å². The first kappa shape index (κ1) is 16.9. The lowest BCUT2D eigenvalue weighted by atomic mass is 10.1. The van der Waals surface area contributed by atoms with Crippen LogP contribution >= 0.6 is 11.6 Å². The van der Waals surface area contributed by atoms with Crippen LogP contribution in [0.2, 0.25) is 5.02 Å². The van der Waals surface area contributed by atoms with Crippen molar-refractivity contribution in [1.29, 1.82) is 0 Å². The van der Waals surface area contributed by atoms with Gasteiger partial charge in [-0.15, -0.1) is 0 Å². The molecular weight excluding hydrogens is 305 g/mol. The summed E-state index contributed by atoms with van der Waals surface area (Å²) in [5.41, 5.74) is 2.17. The Morgan fingerprint density at radius 1 is 1.23 bits per heavy atom. The molecule has 0 saturated carbocycles. The highest BCUT2D eigenvalue weighted by atomic mass is 35.5. The molecule has 118 valence electrons. The molecule has 3 nitrogen and oxygen atoms in total. The van der Waals surface area contributed by atoms with Crippen molar-refractivity contribution in [2.24, 2.45) is 0 Å². The normalized spacial score (nSPS) is 12.4. The van der Waals surface area contributed by atoms with Crippen LogP contribution in [0.1, 0.15) is 22.7 Å². The van der Waals surface area contributed by atoms with Crippen molar-refractivity contribution in [3.63, 3.8) is 0 Å². The molecule has 0 aliphatic carbocycles. The number of halogens is 2. The van der Waals surface area contributed by atoms with E-state index < -0.39 is 5.82 Å². The molecule has 0 aliphatic heterocycles. The minimum absolute atomic E-state index is 0.0113. The molecule has 1 unspecified atom stereocenters. The van der Waals surface area contributed by atoms with Crippen LogP contribution in [0.5, 0.6) is 0 Å². The van der Waals surface area contributed by atoms with Crippen LogP contribution in [0.15, 0.2) is 42.5 Å². The average Bonchev–Trinajstić information content (AvgIpc) is 2.52. The summed E-state index contributed by atoms with van der Waals surface area (Å²) in [6.45, 7) is 0.703. The molecule has 2 N–H and O–H groups in total. The minimum atomic E-state index is -0.392. The molecule has 2 rings (SSSR count). The summed E-state index contributed by atoms with van der Waals surface area (Å²) in [6, 6.07) is 12.4. The van der Waals surface area contributed by atoms with Crippen molar-refractivity contribution in [3.05, 3.63) is 70.0 Å². The number of nitrogens with one attached hydrogen (secondary N) is 1. The first-order valence-corrected chi connectivity index (χ1v) is 7.37. The van der Waals surface area contributed by atoms with E-state index in [0.717, 1.165) is 11.1 Å². The van der Waals surface area contributed by atoms with Crippen molar-refractivity contribution >= 4 is 11.6 Å². The van der Waals surface area contributed by atoms with Gasteiger partial charge in [-0.25, -0.2) is 4.39 Å². The molecule has 2 aromatic rings. The molecule has 0 radical (unpaired) electrons. The molecule has 0 heterocycles. The van der Waals surface area contributed by atoms with Crippen molar-refractivity contribution in [2.45, 2.75) is 19.2 Å². The van der Waals surface area contributed by atoms with Crippen LogP contribution < -0.4 is 5.32 Å². The van der Waals surface area contributed by atoms with Crippen molar-refractivity contribution < 1.29 is 14.2 Å². The number of rotatable bonds is 7. The molecule has 0 bridgehead atoms. The van der Waals surface area contributed by atoms with Gasteiger partial charge in [-0.1, -0.05) is 35.9 Å². The van der Waals surface area contributed by atoms with Gasteiger partial charge in [-0.3, -0.25) is 0 Å². The predicted octanol–water partition coefficient (Wildman–Crippen LogP) is 3.45. The number of hydrogen-bond acceptors (Lipinski definition) is 3. The number of benzene rings is 2. The van der Waals surface area contributed by atoms with E-state index in [4.69, 9.17) is 21.4 Å². The van der Waals surface area contributed by atoms with Gasteiger partial charge in [-0.2, -0.15) is 0 Å². The second-order valence-corrected chi connectivity index (χ2v) is 5.46. The largest absolute Gasteiger partial charge is 0.392 e. The van der Waals surface area contributed by atoms with E-state index in [2.05, 4.69) is 5.32 Å². The fourth-order valence-corrected chi connectivity index (χ4v) is 2.33. The minimum Gasteiger partial charge on any atom is -0.392 e. The summed E-state index contributed by atoms with van der Waals surface area (Å²) in [7, 11) is 1.64. The highest BCUT2D eigenvalue weighted by molar-refractivity contribution is 6.30. The third-order valence-electron chi connectivity index (χ3n) is 3.45. The fourth-order valence-electron chi connectivity index (χ4n) is 2.20. The van der Waals surface area contributed by atoms with Gasteiger partial charge in [0.2, 0.25) is 0 Å². The zero-order valence-electron chi connectivity index (χ0n) is 12.4. The van der Waals surface area contributed by atoms with Crippen molar-refractivity contribution in [1.82, 2.24) is 5.32 Å². The standard InChI is InChI=1S/C17H19ClFNO2/c1-22-11-17(13-4-6-15(18)7-5-13)20-9-12-2-3-14(10-21)16(19)8-12/h2-8,17,20-21H,9-11H2,1H3. The lowest BCUT2D eigenvalue weighted by molar-refractivity contribution is 0.166. The molecule has 0 spiro atoms. The summed E-state index contributed by atoms with van der Waals surface area (Å²) in [5.74, 6) is -0.392. The summed E-state index contributed by atoms with van der Waals surface area (Å²) in [4.78, 5) is 0. The van der Waals surface area contributed by atoms with Crippen LogP contribution in [0.3, 0.4) is 0 Å². The highest BCUT2D eigenvalue weighted by Gasteiger charge is 2.11. The van der Waals surface area contributed by atoms with Crippen molar-refractivity contribution in [3.8, 4) is 0 Å². The molecule has 22 heavy (non-hydrogen) atoms. The Bertz CT molecular complexity index is 604. The van der Waals surface area contributed by atoms with Gasteiger partial charge in [0, 0.05) is 24.2 Å². The summed E-state index contributed by atoms with van der Waals surface area (Å²) in [5, 5.41) is 13.0. The maximum Gasteiger partial charge on any atom is 0.129 e. The quantitative estimate of drug-likeness (QED) is 0.820. The summed E-state index contributed by atoms with van der Waals surface area (Å²) < 4.78 is 18.9. The first-order chi connectivity index (χ1) is 10.6. The number of aliphatic hydroxyl groups is 1. The Labute approximate surface area is 134 Å². The SMILES string of the molecule is COCC(NCc1ccc(CO)c(F)c1)c1ccc(Cl)cc1. The van der Waals surface area contributed by atoms with Gasteiger partial charge in [-0.05, 0) is 29.3 Å². The first-order valence-electron chi connectivity index (χ1n) is 7.00. The maximum absolute atomic E-state index is 13.7. The highest BCUT2D eigenvalue weighted by Crippen LogP contribution is 2.18. The van der Waals surface area contributed by atoms with E-state index in [1.54, 1.807) is 19.2 Å². The van der Waals surface area contributed by atoms with Crippen LogP contribution in [0, 0.1) is 5.82 Å². The zero-order chi connectivity index (χ0) is 15.9. The van der Waals surface area contributed by atoms with Crippen LogP contribution in [-0.2, 0) is 17.9 Å². The molecule has 0 fully saturated rings. The molecule has 2 aromatic carbocycles. The lowest BCUT2D eigenvalue weighted by Gasteiger charge is -2.19. The van der Waals surface area contributed by atoms with Gasteiger partial charge in [0.1, 0.15) is 5.82 Å². The number of ether oxygens (including phenoxy) is 1. The summed E-state index contributed by atoms with van der Waals surface area (Å²) in [6.07, 6.45) is 0. The molecule has 0 amide bonds. The predicted molar refractivity (Wildman–Crippen MR) is 85.2 cm³/mol. The van der Waals surface area contributed by atoms with Gasteiger partial charge < -0.3 is 15.2 Å². The Morgan fingerprint density at radius 3 is 2.55 bits per heavy atom. The third kappa shape index (κ3) is 4.52. The second-order valence-electron chi connectivity index (χ2n) is 5.02. The van der Waals surface area contributed by atoms with E-state index in [1.165, 1.54) is 6.07 Å². The van der Waals surface area contributed by atoms with E-state index in [9.17, 15) is 4.39 Å². The number of methoxy groups -OCH3 is 1. The molecule has 0 aliphatic rings. The molecule has 0 saturated heterocycles. The lowest BCUT2D eigenvalue weighted by Crippen LogP contribution is -2.25. The summed E-state index contributed by atoms with van der Waals surface area (Å²) >= 11 is 5.90. The maximum atomic E-state index is 13.7. The second kappa shape index (κ2) is 8.25. The topological polar surface area (TPSA) is 41.5 Å². The molecule has 1 atom stereocenters. The van der Waals surface area contributed by atoms with E-state index in [1.807, 2.05) is 24.3 Å². The van der Waals surface area contributed by atoms with E-state index >= 15 is 0 Å². The average molecular weight is 324 g/mol. The van der Waals surface area contributed by atoms with Crippen LogP contribution in [0.25, 0.3) is 0 Å². The van der Waals surface area contributed by atoms with Crippen molar-refractivity contribution in [2.75, 3.05) is 13.7 Å². The third-order valence-corrected chi connectivity index (χ3v) is 3.70. The number of aliphatic hydroxyl groups excluding tert-OH is 1. The zero-order valence-corrected chi connectivity index (χ0v) is 13.1. The van der Waals surface area contributed by atoms with Gasteiger partial charge in [0.05, 0.1) is 19.3 Å². The van der Waals surface area contributed by atoms with Crippen LogP contribution in [-0.4, -0.2) is 18.8 Å². The van der Waals surface area contributed by atoms with E-state index in [-0.39, 0.29) is 12.6 Å².